The van der Waals surface area contributed by atoms with Crippen LogP contribution in [-0.2, 0) is 16.1 Å². The molecule has 2 N–H and O–H groups in total. The molecule has 40 heavy (non-hydrogen) atoms. The normalized spacial score (nSPS) is 17.8. The predicted molar refractivity (Wildman–Crippen MR) is 152 cm³/mol. The van der Waals surface area contributed by atoms with Gasteiger partial charge in [0.15, 0.2) is 17.3 Å². The van der Waals surface area contributed by atoms with Gasteiger partial charge in [-0.2, -0.15) is 0 Å². The molecule has 0 saturated heterocycles. The van der Waals surface area contributed by atoms with E-state index in [9.17, 15) is 9.59 Å². The molecular formula is C31H35N3O6. The van der Waals surface area contributed by atoms with Gasteiger partial charge in [-0.25, -0.2) is 0 Å². The second-order valence-electron chi connectivity index (χ2n) is 10.8. The van der Waals surface area contributed by atoms with Gasteiger partial charge in [0.05, 0.1) is 58.1 Å². The van der Waals surface area contributed by atoms with E-state index in [2.05, 4.69) is 24.5 Å². The summed E-state index contributed by atoms with van der Waals surface area (Å²) < 4.78 is 22.4. The van der Waals surface area contributed by atoms with Crippen LogP contribution in [0, 0.1) is 5.41 Å². The highest BCUT2D eigenvalue weighted by molar-refractivity contribution is 6.02. The van der Waals surface area contributed by atoms with Crippen molar-refractivity contribution in [2.75, 3.05) is 38.1 Å². The van der Waals surface area contributed by atoms with Crippen LogP contribution >= 0.6 is 0 Å². The first-order valence-corrected chi connectivity index (χ1v) is 13.2. The van der Waals surface area contributed by atoms with Gasteiger partial charge in [-0.15, -0.1) is 0 Å². The molecule has 1 aliphatic carbocycles. The molecule has 2 heterocycles. The highest BCUT2D eigenvalue weighted by atomic mass is 16.5. The standard InChI is InChI=1S/C31H35N3O6/c1-31(2)15-22-29(24(35)16-31)30(20-13-26(38-4)27(39-5)14-25(20)37-3)34(23-11-7-6-10-21(23)33-22)18-28(36)32-17-19-9-8-12-40-19/h6-14,30,33H,15-18H2,1-5H3,(H,32,36). The molecule has 2 aliphatic rings. The minimum atomic E-state index is -0.640. The van der Waals surface area contributed by atoms with Gasteiger partial charge in [0.1, 0.15) is 11.5 Å². The van der Waals surface area contributed by atoms with Gasteiger partial charge >= 0.3 is 0 Å². The first kappa shape index (κ1) is 27.2. The van der Waals surface area contributed by atoms with Crippen LogP contribution < -0.4 is 29.7 Å². The Morgan fingerprint density at radius 1 is 1.02 bits per heavy atom. The number of nitrogens with one attached hydrogen (secondary N) is 2. The van der Waals surface area contributed by atoms with Gasteiger partial charge in [0.25, 0.3) is 0 Å². The van der Waals surface area contributed by atoms with E-state index in [1.54, 1.807) is 39.7 Å². The summed E-state index contributed by atoms with van der Waals surface area (Å²) >= 11 is 0. The zero-order valence-corrected chi connectivity index (χ0v) is 23.5. The van der Waals surface area contributed by atoms with Crippen LogP contribution in [-0.4, -0.2) is 39.6 Å². The zero-order chi connectivity index (χ0) is 28.4. The van der Waals surface area contributed by atoms with E-state index in [0.29, 0.717) is 47.0 Å². The SMILES string of the molecule is COc1cc(OC)c(C2C3=C(CC(C)(C)CC3=O)Nc3ccccc3N2CC(=O)NCc2ccco2)cc1OC. The number of carbonyl (C=O) groups is 2. The van der Waals surface area contributed by atoms with Crippen molar-refractivity contribution in [3.63, 3.8) is 0 Å². The molecule has 0 fully saturated rings. The predicted octanol–water partition coefficient (Wildman–Crippen LogP) is 5.24. The van der Waals surface area contributed by atoms with E-state index in [0.717, 1.165) is 17.1 Å². The minimum Gasteiger partial charge on any atom is -0.496 e. The fourth-order valence-electron chi connectivity index (χ4n) is 5.63. The molecule has 2 aromatic carbocycles. The van der Waals surface area contributed by atoms with Crippen molar-refractivity contribution in [2.45, 2.75) is 39.3 Å². The maximum absolute atomic E-state index is 14.0. The Kier molecular flexibility index (Phi) is 7.47. The molecule has 1 atom stereocenters. The van der Waals surface area contributed by atoms with Gasteiger partial charge in [-0.3, -0.25) is 9.59 Å². The minimum absolute atomic E-state index is 0.0188. The summed E-state index contributed by atoms with van der Waals surface area (Å²) in [4.78, 5) is 29.4. The monoisotopic (exact) mass is 545 g/mol. The summed E-state index contributed by atoms with van der Waals surface area (Å²) in [6, 6.07) is 14.3. The lowest BCUT2D eigenvalue weighted by atomic mass is 9.73. The number of allylic oxidation sites excluding steroid dienone is 1. The number of hydrogen-bond acceptors (Lipinski definition) is 8. The summed E-state index contributed by atoms with van der Waals surface area (Å²) in [7, 11) is 4.71. The van der Waals surface area contributed by atoms with Crippen LogP contribution in [0.3, 0.4) is 0 Å². The lowest BCUT2D eigenvalue weighted by Gasteiger charge is -2.38. The van der Waals surface area contributed by atoms with Crippen molar-refractivity contribution < 1.29 is 28.2 Å². The Balaban J connectivity index is 1.69. The highest BCUT2D eigenvalue weighted by Crippen LogP contribution is 2.51. The number of para-hydroxylation sites is 2. The maximum atomic E-state index is 14.0. The van der Waals surface area contributed by atoms with Crippen LogP contribution in [0.1, 0.15) is 44.1 Å². The molecule has 9 heteroatoms. The Morgan fingerprint density at radius 2 is 1.75 bits per heavy atom. The number of methoxy groups -OCH3 is 3. The number of benzene rings is 2. The van der Waals surface area contributed by atoms with Gasteiger partial charge in [0, 0.05) is 29.3 Å². The largest absolute Gasteiger partial charge is 0.496 e. The molecule has 0 radical (unpaired) electrons. The van der Waals surface area contributed by atoms with Crippen molar-refractivity contribution in [2.24, 2.45) is 5.41 Å². The van der Waals surface area contributed by atoms with Crippen molar-refractivity contribution in [1.29, 1.82) is 0 Å². The van der Waals surface area contributed by atoms with Crippen LogP contribution in [0.15, 0.2) is 70.5 Å². The number of ketones is 1. The first-order valence-electron chi connectivity index (χ1n) is 13.2. The van der Waals surface area contributed by atoms with Gasteiger partial charge in [0.2, 0.25) is 5.91 Å². The molecule has 1 unspecified atom stereocenters. The third kappa shape index (κ3) is 5.23. The third-order valence-corrected chi connectivity index (χ3v) is 7.39. The van der Waals surface area contributed by atoms with E-state index in [1.165, 1.54) is 0 Å². The fraction of sp³-hybridized carbons (Fsp3) is 0.355. The summed E-state index contributed by atoms with van der Waals surface area (Å²) in [6.45, 7) is 4.43. The van der Waals surface area contributed by atoms with Gasteiger partial charge < -0.3 is 34.2 Å². The summed E-state index contributed by atoms with van der Waals surface area (Å²) in [5.41, 5.74) is 3.53. The van der Waals surface area contributed by atoms with Crippen LogP contribution in [0.5, 0.6) is 17.2 Å². The van der Waals surface area contributed by atoms with Crippen molar-refractivity contribution in [1.82, 2.24) is 5.32 Å². The molecule has 3 aromatic rings. The van der Waals surface area contributed by atoms with Crippen LogP contribution in [0.4, 0.5) is 11.4 Å². The number of amides is 1. The molecule has 1 aliphatic heterocycles. The van der Waals surface area contributed by atoms with E-state index in [1.807, 2.05) is 41.3 Å². The number of fused-ring (bicyclic) bond motifs is 1. The molecule has 1 aromatic heterocycles. The molecular weight excluding hydrogens is 510 g/mol. The number of carbonyl (C=O) groups excluding carboxylic acids is 2. The number of nitrogens with zero attached hydrogens (tertiary/aromatic N) is 1. The highest BCUT2D eigenvalue weighted by Gasteiger charge is 2.43. The van der Waals surface area contributed by atoms with Crippen molar-refractivity contribution >= 4 is 23.1 Å². The number of ether oxygens (including phenoxy) is 3. The van der Waals surface area contributed by atoms with Crippen molar-refractivity contribution in [3.05, 3.63) is 77.4 Å². The van der Waals surface area contributed by atoms with Crippen LogP contribution in [0.2, 0.25) is 0 Å². The van der Waals surface area contributed by atoms with E-state index in [-0.39, 0.29) is 30.2 Å². The fourth-order valence-corrected chi connectivity index (χ4v) is 5.63. The molecule has 9 nitrogen and oxygen atoms in total. The maximum Gasteiger partial charge on any atom is 0.239 e. The van der Waals surface area contributed by atoms with Gasteiger partial charge in [-0.1, -0.05) is 26.0 Å². The summed E-state index contributed by atoms with van der Waals surface area (Å²) in [6.07, 6.45) is 2.63. The molecule has 0 saturated carbocycles. The smallest absolute Gasteiger partial charge is 0.239 e. The lowest BCUT2D eigenvalue weighted by molar-refractivity contribution is -0.121. The molecule has 0 bridgehead atoms. The van der Waals surface area contributed by atoms with E-state index in [4.69, 9.17) is 18.6 Å². The van der Waals surface area contributed by atoms with E-state index >= 15 is 0 Å². The van der Waals surface area contributed by atoms with Gasteiger partial charge in [-0.05, 0) is 42.2 Å². The number of anilines is 2. The molecule has 5 rings (SSSR count). The summed E-state index contributed by atoms with van der Waals surface area (Å²) in [5.74, 6) is 1.98. The Labute approximate surface area is 234 Å². The zero-order valence-electron chi connectivity index (χ0n) is 23.5. The number of rotatable bonds is 8. The van der Waals surface area contributed by atoms with E-state index < -0.39 is 6.04 Å². The third-order valence-electron chi connectivity index (χ3n) is 7.39. The average Bonchev–Trinajstić information content (AvgIpc) is 3.41. The Morgan fingerprint density at radius 3 is 2.45 bits per heavy atom. The lowest BCUT2D eigenvalue weighted by Crippen LogP contribution is -2.42. The molecule has 210 valence electrons. The number of furan rings is 1. The topological polar surface area (TPSA) is 102 Å². The quantitative estimate of drug-likeness (QED) is 0.396. The molecule has 1 amide bonds. The summed E-state index contributed by atoms with van der Waals surface area (Å²) in [5, 5.41) is 6.52. The molecule has 0 spiro atoms. The average molecular weight is 546 g/mol. The number of Topliss-reactive ketones (excluding diaryl/α,β-unsaturated/α-hetero) is 1. The number of hydrogen-bond donors (Lipinski definition) is 2. The Hall–Kier alpha value is -4.40. The van der Waals surface area contributed by atoms with Crippen molar-refractivity contribution in [3.8, 4) is 17.2 Å². The second-order valence-corrected chi connectivity index (χ2v) is 10.8. The van der Waals surface area contributed by atoms with Crippen LogP contribution in [0.25, 0.3) is 0 Å². The second kappa shape index (κ2) is 11.0. The Bertz CT molecular complexity index is 1440. The first-order chi connectivity index (χ1) is 19.2.